The number of hydrogen-bond acceptors (Lipinski definition) is 5. The SMILES string of the molecule is O=C(COC(=O)c1cc2cc(F)ccc2s1)NC[C@H]1CCCO1. The molecule has 23 heavy (non-hydrogen) atoms. The predicted molar refractivity (Wildman–Crippen MR) is 84.0 cm³/mol. The fraction of sp³-hybridized carbons (Fsp3) is 0.375. The Kier molecular flexibility index (Phi) is 4.88. The molecule has 1 fully saturated rings. The van der Waals surface area contributed by atoms with Crippen LogP contribution < -0.4 is 5.32 Å². The van der Waals surface area contributed by atoms with Crippen LogP contribution in [0.1, 0.15) is 22.5 Å². The average molecular weight is 337 g/mol. The highest BCUT2D eigenvalue weighted by atomic mass is 32.1. The highest BCUT2D eigenvalue weighted by molar-refractivity contribution is 7.20. The van der Waals surface area contributed by atoms with Crippen molar-refractivity contribution >= 4 is 33.3 Å². The molecule has 2 heterocycles. The van der Waals surface area contributed by atoms with E-state index in [4.69, 9.17) is 9.47 Å². The molecule has 0 radical (unpaired) electrons. The highest BCUT2D eigenvalue weighted by Crippen LogP contribution is 2.26. The second-order valence-corrected chi connectivity index (χ2v) is 6.39. The Morgan fingerprint density at radius 1 is 1.39 bits per heavy atom. The molecule has 1 atom stereocenters. The van der Waals surface area contributed by atoms with Gasteiger partial charge in [0.2, 0.25) is 0 Å². The zero-order valence-corrected chi connectivity index (χ0v) is 13.2. The number of benzene rings is 1. The molecule has 1 aliphatic heterocycles. The summed E-state index contributed by atoms with van der Waals surface area (Å²) >= 11 is 1.21. The van der Waals surface area contributed by atoms with E-state index in [9.17, 15) is 14.0 Å². The number of esters is 1. The number of ether oxygens (including phenoxy) is 2. The van der Waals surface area contributed by atoms with Gasteiger partial charge in [0.1, 0.15) is 10.7 Å². The highest BCUT2D eigenvalue weighted by Gasteiger charge is 2.17. The van der Waals surface area contributed by atoms with Gasteiger partial charge in [-0.2, -0.15) is 0 Å². The molecule has 2 aromatic rings. The summed E-state index contributed by atoms with van der Waals surface area (Å²) in [6.07, 6.45) is 1.98. The van der Waals surface area contributed by atoms with Crippen LogP contribution in [0.15, 0.2) is 24.3 Å². The van der Waals surface area contributed by atoms with E-state index >= 15 is 0 Å². The molecule has 1 aromatic carbocycles. The molecule has 7 heteroatoms. The van der Waals surface area contributed by atoms with E-state index in [1.165, 1.54) is 23.5 Å². The summed E-state index contributed by atoms with van der Waals surface area (Å²) in [7, 11) is 0. The van der Waals surface area contributed by atoms with Crippen molar-refractivity contribution in [3.8, 4) is 0 Å². The van der Waals surface area contributed by atoms with Crippen LogP contribution in [0, 0.1) is 5.82 Å². The van der Waals surface area contributed by atoms with Crippen LogP contribution in [0.4, 0.5) is 4.39 Å². The molecule has 0 bridgehead atoms. The summed E-state index contributed by atoms with van der Waals surface area (Å²) in [5.41, 5.74) is 0. The smallest absolute Gasteiger partial charge is 0.348 e. The van der Waals surface area contributed by atoms with E-state index in [1.807, 2.05) is 0 Å². The van der Waals surface area contributed by atoms with Gasteiger partial charge in [-0.25, -0.2) is 9.18 Å². The largest absolute Gasteiger partial charge is 0.451 e. The third kappa shape index (κ3) is 4.05. The maximum Gasteiger partial charge on any atom is 0.348 e. The first-order valence-corrected chi connectivity index (χ1v) is 8.18. The number of thiophene rings is 1. The van der Waals surface area contributed by atoms with Gasteiger partial charge in [-0.3, -0.25) is 4.79 Å². The summed E-state index contributed by atoms with van der Waals surface area (Å²) in [4.78, 5) is 24.0. The monoisotopic (exact) mass is 337 g/mol. The number of amides is 1. The maximum absolute atomic E-state index is 13.1. The van der Waals surface area contributed by atoms with Crippen molar-refractivity contribution in [1.82, 2.24) is 5.32 Å². The van der Waals surface area contributed by atoms with Gasteiger partial charge >= 0.3 is 5.97 Å². The van der Waals surface area contributed by atoms with Gasteiger partial charge in [-0.15, -0.1) is 11.3 Å². The van der Waals surface area contributed by atoms with Crippen molar-refractivity contribution in [1.29, 1.82) is 0 Å². The van der Waals surface area contributed by atoms with Crippen molar-refractivity contribution in [2.45, 2.75) is 18.9 Å². The molecule has 1 aromatic heterocycles. The first-order chi connectivity index (χ1) is 11.1. The van der Waals surface area contributed by atoms with E-state index in [0.29, 0.717) is 16.8 Å². The molecule has 1 amide bonds. The van der Waals surface area contributed by atoms with Gasteiger partial charge in [0.25, 0.3) is 5.91 Å². The van der Waals surface area contributed by atoms with Crippen molar-refractivity contribution < 1.29 is 23.5 Å². The van der Waals surface area contributed by atoms with E-state index in [2.05, 4.69) is 5.32 Å². The molecule has 0 spiro atoms. The lowest BCUT2D eigenvalue weighted by Gasteiger charge is -2.10. The molecule has 1 N–H and O–H groups in total. The standard InChI is InChI=1S/C16H16FNO4S/c17-11-3-4-13-10(6-11)7-14(23-13)16(20)22-9-15(19)18-8-12-2-1-5-21-12/h3-4,6-7,12H,1-2,5,8-9H2,(H,18,19)/t12-/m1/s1. The Morgan fingerprint density at radius 2 is 2.26 bits per heavy atom. The Hall–Kier alpha value is -1.99. The minimum atomic E-state index is -0.584. The summed E-state index contributed by atoms with van der Waals surface area (Å²) in [5.74, 6) is -1.30. The van der Waals surface area contributed by atoms with Gasteiger partial charge in [0, 0.05) is 17.9 Å². The van der Waals surface area contributed by atoms with Crippen LogP contribution in [0.5, 0.6) is 0 Å². The predicted octanol–water partition coefficient (Wildman–Crippen LogP) is 2.49. The molecular formula is C16H16FNO4S. The van der Waals surface area contributed by atoms with Gasteiger partial charge in [-0.05, 0) is 42.5 Å². The van der Waals surface area contributed by atoms with Crippen molar-refractivity contribution in [2.75, 3.05) is 19.8 Å². The summed E-state index contributed by atoms with van der Waals surface area (Å²) < 4.78 is 24.3. The van der Waals surface area contributed by atoms with Crippen molar-refractivity contribution in [3.05, 3.63) is 35.0 Å². The minimum absolute atomic E-state index is 0.0483. The maximum atomic E-state index is 13.1. The topological polar surface area (TPSA) is 64.6 Å². The van der Waals surface area contributed by atoms with Crippen LogP contribution in [-0.4, -0.2) is 37.7 Å². The van der Waals surface area contributed by atoms with Crippen LogP contribution >= 0.6 is 11.3 Å². The second kappa shape index (κ2) is 7.06. The summed E-state index contributed by atoms with van der Waals surface area (Å²) in [6.45, 7) is 0.814. The fourth-order valence-corrected chi connectivity index (χ4v) is 3.34. The molecule has 0 unspecified atom stereocenters. The molecule has 0 saturated carbocycles. The van der Waals surface area contributed by atoms with E-state index < -0.39 is 5.97 Å². The number of carbonyl (C=O) groups excluding carboxylic acids is 2. The first-order valence-electron chi connectivity index (χ1n) is 7.36. The molecule has 0 aliphatic carbocycles. The second-order valence-electron chi connectivity index (χ2n) is 5.31. The molecule has 1 saturated heterocycles. The number of nitrogens with one attached hydrogen (secondary N) is 1. The van der Waals surface area contributed by atoms with Crippen LogP contribution in [0.25, 0.3) is 10.1 Å². The lowest BCUT2D eigenvalue weighted by molar-refractivity contribution is -0.124. The van der Waals surface area contributed by atoms with Crippen LogP contribution in [0.2, 0.25) is 0 Å². The van der Waals surface area contributed by atoms with Crippen molar-refractivity contribution in [3.63, 3.8) is 0 Å². The number of halogens is 1. The van der Waals surface area contributed by atoms with Gasteiger partial charge in [0.05, 0.1) is 6.10 Å². The summed E-state index contributed by atoms with van der Waals surface area (Å²) in [6, 6.07) is 5.87. The normalized spacial score (nSPS) is 17.3. The molecule has 1 aliphatic rings. The van der Waals surface area contributed by atoms with Gasteiger partial charge < -0.3 is 14.8 Å². The third-order valence-corrected chi connectivity index (χ3v) is 4.66. The Bertz CT molecular complexity index is 724. The lowest BCUT2D eigenvalue weighted by atomic mass is 10.2. The quantitative estimate of drug-likeness (QED) is 0.852. The van der Waals surface area contributed by atoms with Gasteiger partial charge in [0.15, 0.2) is 6.61 Å². The minimum Gasteiger partial charge on any atom is -0.451 e. The Labute approximate surface area is 136 Å². The van der Waals surface area contributed by atoms with E-state index in [0.717, 1.165) is 24.1 Å². The number of carbonyl (C=O) groups is 2. The number of rotatable bonds is 5. The zero-order valence-electron chi connectivity index (χ0n) is 12.3. The van der Waals surface area contributed by atoms with E-state index in [1.54, 1.807) is 12.1 Å². The average Bonchev–Trinajstić information content (AvgIpc) is 3.19. The molecule has 122 valence electrons. The number of hydrogen-bond donors (Lipinski definition) is 1. The zero-order chi connectivity index (χ0) is 16.2. The fourth-order valence-electron chi connectivity index (χ4n) is 2.40. The Morgan fingerprint density at radius 3 is 3.04 bits per heavy atom. The number of fused-ring (bicyclic) bond motifs is 1. The molecular weight excluding hydrogens is 321 g/mol. The van der Waals surface area contributed by atoms with Crippen LogP contribution in [-0.2, 0) is 14.3 Å². The Balaban J connectivity index is 1.50. The van der Waals surface area contributed by atoms with Gasteiger partial charge in [-0.1, -0.05) is 0 Å². The first kappa shape index (κ1) is 15.9. The van der Waals surface area contributed by atoms with Crippen molar-refractivity contribution in [2.24, 2.45) is 0 Å². The molecule has 3 rings (SSSR count). The van der Waals surface area contributed by atoms with Crippen LogP contribution in [0.3, 0.4) is 0 Å². The third-order valence-electron chi connectivity index (χ3n) is 3.56. The van der Waals surface area contributed by atoms with E-state index in [-0.39, 0.29) is 24.4 Å². The lowest BCUT2D eigenvalue weighted by Crippen LogP contribution is -2.34. The molecule has 5 nitrogen and oxygen atoms in total. The summed E-state index contributed by atoms with van der Waals surface area (Å²) in [5, 5.41) is 3.32.